The first-order valence-electron chi connectivity index (χ1n) is 3.53. The molecule has 0 atom stereocenters. The third kappa shape index (κ3) is 3.26. The molecule has 0 aliphatic carbocycles. The van der Waals surface area contributed by atoms with Crippen molar-refractivity contribution in [3.8, 4) is 0 Å². The van der Waals surface area contributed by atoms with Gasteiger partial charge in [0.15, 0.2) is 0 Å². The standard InChI is InChI=1S/C10H11N/c11-10-8-6-4-2-1-3-5-7-9-10/h1-9H,11H2. The van der Waals surface area contributed by atoms with Crippen molar-refractivity contribution in [3.63, 3.8) is 0 Å². The highest BCUT2D eigenvalue weighted by Gasteiger charge is 1.69. The number of nitrogens with two attached hydrogens (primary N) is 1. The van der Waals surface area contributed by atoms with Gasteiger partial charge in [0.25, 0.3) is 0 Å². The fourth-order valence-corrected chi connectivity index (χ4v) is 0.710. The molecule has 2 N–H and O–H groups in total. The molecule has 0 fully saturated rings. The summed E-state index contributed by atoms with van der Waals surface area (Å²) in [7, 11) is 0. The summed E-state index contributed by atoms with van der Waals surface area (Å²) in [6.45, 7) is 0. The molecule has 0 spiro atoms. The number of hydrogen-bond acceptors (Lipinski definition) is 1. The molecule has 1 heteroatoms. The van der Waals surface area contributed by atoms with E-state index >= 15 is 0 Å². The fourth-order valence-electron chi connectivity index (χ4n) is 0.710. The largest absolute Gasteiger partial charge is 0.399 e. The number of rotatable bonds is 0. The Bertz CT molecular complexity index is 242. The van der Waals surface area contributed by atoms with Gasteiger partial charge in [0, 0.05) is 5.69 Å². The van der Waals surface area contributed by atoms with Gasteiger partial charge in [-0.3, -0.25) is 0 Å². The summed E-state index contributed by atoms with van der Waals surface area (Å²) in [6.07, 6.45) is 0. The average Bonchev–Trinajstić information content (AvgIpc) is 2.03. The monoisotopic (exact) mass is 145 g/mol. The van der Waals surface area contributed by atoms with E-state index in [1.165, 1.54) is 0 Å². The van der Waals surface area contributed by atoms with Crippen molar-refractivity contribution in [2.75, 3.05) is 5.73 Å². The lowest BCUT2D eigenvalue weighted by Crippen LogP contribution is -1.78. The molecule has 1 aromatic carbocycles. The summed E-state index contributed by atoms with van der Waals surface area (Å²) in [5.41, 5.74) is 6.35. The topological polar surface area (TPSA) is 26.0 Å². The Morgan fingerprint density at radius 1 is 0.636 bits per heavy atom. The van der Waals surface area contributed by atoms with Gasteiger partial charge in [0.1, 0.15) is 0 Å². The molecule has 56 valence electrons. The Balaban J connectivity index is 3.11. The van der Waals surface area contributed by atoms with Crippen LogP contribution >= 0.6 is 0 Å². The van der Waals surface area contributed by atoms with Crippen LogP contribution in [0.25, 0.3) is 0 Å². The zero-order valence-corrected chi connectivity index (χ0v) is 6.27. The van der Waals surface area contributed by atoms with E-state index in [0.29, 0.717) is 0 Å². The summed E-state index contributed by atoms with van der Waals surface area (Å²) in [5, 5.41) is 0. The molecule has 0 aliphatic rings. The highest BCUT2D eigenvalue weighted by Crippen LogP contribution is 1.93. The first-order valence-corrected chi connectivity index (χ1v) is 3.53. The predicted octanol–water partition coefficient (Wildman–Crippen LogP) is 2.39. The van der Waals surface area contributed by atoms with Crippen LogP contribution in [0, 0.1) is 0 Å². The van der Waals surface area contributed by atoms with Crippen molar-refractivity contribution in [1.82, 2.24) is 0 Å². The zero-order chi connectivity index (χ0) is 7.94. The molecule has 0 radical (unpaired) electrons. The second kappa shape index (κ2) is 4.34. The van der Waals surface area contributed by atoms with Crippen LogP contribution in [0.5, 0.6) is 0 Å². The van der Waals surface area contributed by atoms with Gasteiger partial charge in [-0.2, -0.15) is 0 Å². The average molecular weight is 145 g/mol. The molecule has 0 bridgehead atoms. The smallest absolute Gasteiger partial charge is 0.0313 e. The van der Waals surface area contributed by atoms with Crippen molar-refractivity contribution < 1.29 is 0 Å². The molecule has 0 aliphatic heterocycles. The van der Waals surface area contributed by atoms with E-state index in [9.17, 15) is 0 Å². The normalized spacial score (nSPS) is 8.36. The second-order valence-corrected chi connectivity index (χ2v) is 2.18. The van der Waals surface area contributed by atoms with E-state index in [1.807, 2.05) is 54.6 Å². The first kappa shape index (κ1) is 7.61. The molecular formula is C10H11N. The predicted molar refractivity (Wildman–Crippen MR) is 48.5 cm³/mol. The third-order valence-corrected chi connectivity index (χ3v) is 1.24. The minimum Gasteiger partial charge on any atom is -0.399 e. The third-order valence-electron chi connectivity index (χ3n) is 1.24. The fraction of sp³-hybridized carbons (Fsp3) is 0. The molecule has 1 aromatic rings. The number of anilines is 1. The Morgan fingerprint density at radius 2 is 1.00 bits per heavy atom. The van der Waals surface area contributed by atoms with Gasteiger partial charge in [-0.1, -0.05) is 42.5 Å². The SMILES string of the molecule is Nc1ccccccccc1. The van der Waals surface area contributed by atoms with E-state index < -0.39 is 0 Å². The van der Waals surface area contributed by atoms with Crippen molar-refractivity contribution in [1.29, 1.82) is 0 Å². The lowest BCUT2D eigenvalue weighted by atomic mass is 10.3. The molecule has 0 aromatic heterocycles. The maximum atomic E-state index is 5.59. The summed E-state index contributed by atoms with van der Waals surface area (Å²) < 4.78 is 0. The summed E-state index contributed by atoms with van der Waals surface area (Å²) in [5.74, 6) is 0. The van der Waals surface area contributed by atoms with Crippen LogP contribution in [0.4, 0.5) is 5.69 Å². The molecule has 0 saturated carbocycles. The van der Waals surface area contributed by atoms with E-state index in [0.717, 1.165) is 5.69 Å². The molecule has 0 saturated heterocycles. The van der Waals surface area contributed by atoms with Crippen molar-refractivity contribution in [2.45, 2.75) is 0 Å². The summed E-state index contributed by atoms with van der Waals surface area (Å²) in [4.78, 5) is 0. The minimum atomic E-state index is 0.765. The van der Waals surface area contributed by atoms with Crippen LogP contribution in [0.1, 0.15) is 0 Å². The van der Waals surface area contributed by atoms with Gasteiger partial charge < -0.3 is 5.73 Å². The van der Waals surface area contributed by atoms with E-state index in [2.05, 4.69) is 0 Å². The Hall–Kier alpha value is -1.50. The lowest BCUT2D eigenvalue weighted by molar-refractivity contribution is 1.70. The van der Waals surface area contributed by atoms with Gasteiger partial charge in [-0.15, -0.1) is 0 Å². The van der Waals surface area contributed by atoms with Gasteiger partial charge in [0.05, 0.1) is 0 Å². The van der Waals surface area contributed by atoms with Crippen LogP contribution in [0.15, 0.2) is 54.6 Å². The minimum absolute atomic E-state index is 0.765. The van der Waals surface area contributed by atoms with E-state index in [4.69, 9.17) is 5.73 Å². The molecule has 0 heterocycles. The summed E-state index contributed by atoms with van der Waals surface area (Å²) in [6, 6.07) is 17.3. The Morgan fingerprint density at radius 3 is 1.45 bits per heavy atom. The quantitative estimate of drug-likeness (QED) is 0.596. The number of nitrogen functional groups attached to an aromatic ring is 1. The second-order valence-electron chi connectivity index (χ2n) is 2.18. The zero-order valence-electron chi connectivity index (χ0n) is 6.27. The molecule has 1 nitrogen and oxygen atoms in total. The highest BCUT2D eigenvalue weighted by atomic mass is 14.5. The molecule has 0 amide bonds. The Kier molecular flexibility index (Phi) is 3.00. The molecule has 0 unspecified atom stereocenters. The van der Waals surface area contributed by atoms with Crippen molar-refractivity contribution >= 4 is 5.69 Å². The first-order chi connectivity index (χ1) is 5.39. The number of hydrogen-bond donors (Lipinski definition) is 1. The molecule has 1 rings (SSSR count). The van der Waals surface area contributed by atoms with E-state index in [-0.39, 0.29) is 0 Å². The van der Waals surface area contributed by atoms with E-state index in [1.54, 1.807) is 0 Å². The van der Waals surface area contributed by atoms with Crippen molar-refractivity contribution in [2.24, 2.45) is 0 Å². The maximum Gasteiger partial charge on any atom is 0.0313 e. The van der Waals surface area contributed by atoms with Gasteiger partial charge in [0.2, 0.25) is 0 Å². The lowest BCUT2D eigenvalue weighted by Gasteiger charge is -1.81. The van der Waals surface area contributed by atoms with Crippen molar-refractivity contribution in [3.05, 3.63) is 54.6 Å². The highest BCUT2D eigenvalue weighted by molar-refractivity contribution is 5.33. The van der Waals surface area contributed by atoms with Gasteiger partial charge in [-0.05, 0) is 12.1 Å². The van der Waals surface area contributed by atoms with Crippen LogP contribution < -0.4 is 5.73 Å². The van der Waals surface area contributed by atoms with Crippen LogP contribution in [-0.2, 0) is 0 Å². The van der Waals surface area contributed by atoms with Crippen LogP contribution in [-0.4, -0.2) is 0 Å². The van der Waals surface area contributed by atoms with Gasteiger partial charge in [-0.25, -0.2) is 0 Å². The molecule has 11 heavy (non-hydrogen) atoms. The molecular weight excluding hydrogens is 134 g/mol. The Labute approximate surface area is 66.8 Å². The van der Waals surface area contributed by atoms with Gasteiger partial charge >= 0.3 is 0 Å². The maximum absolute atomic E-state index is 5.59. The van der Waals surface area contributed by atoms with Crippen LogP contribution in [0.3, 0.4) is 0 Å². The van der Waals surface area contributed by atoms with Crippen LogP contribution in [0.2, 0.25) is 0 Å². The summed E-state index contributed by atoms with van der Waals surface area (Å²) >= 11 is 0.